The Hall–Kier alpha value is -3.61. The first-order chi connectivity index (χ1) is 17.9. The van der Waals surface area contributed by atoms with Crippen LogP contribution in [-0.4, -0.2) is 48.0 Å². The molecule has 0 bridgehead atoms. The number of anilines is 2. The van der Waals surface area contributed by atoms with Gasteiger partial charge >= 0.3 is 6.18 Å². The van der Waals surface area contributed by atoms with Crippen molar-refractivity contribution in [2.75, 3.05) is 30.4 Å². The summed E-state index contributed by atoms with van der Waals surface area (Å²) in [5, 5.41) is 2.08. The molecule has 1 N–H and O–H groups in total. The van der Waals surface area contributed by atoms with Gasteiger partial charge in [0, 0.05) is 42.5 Å². The van der Waals surface area contributed by atoms with Crippen molar-refractivity contribution in [1.29, 1.82) is 0 Å². The van der Waals surface area contributed by atoms with Gasteiger partial charge in [0.05, 0.1) is 22.5 Å². The SMILES string of the molecule is C[C@@H]1CN(c2ccc(C#Cc3ccc(F)cc3)cc2NC(=O)c2c(C(F)(F)F)ccnc2Cl)C[C@H](C)N1C. The van der Waals surface area contributed by atoms with E-state index in [4.69, 9.17) is 11.6 Å². The van der Waals surface area contributed by atoms with Crippen molar-refractivity contribution in [3.05, 3.63) is 88.0 Å². The van der Waals surface area contributed by atoms with Crippen molar-refractivity contribution < 1.29 is 22.4 Å². The van der Waals surface area contributed by atoms with Crippen LogP contribution in [0.4, 0.5) is 28.9 Å². The van der Waals surface area contributed by atoms with Crippen LogP contribution in [0.3, 0.4) is 0 Å². The minimum Gasteiger partial charge on any atom is -0.367 e. The first-order valence-electron chi connectivity index (χ1n) is 11.9. The van der Waals surface area contributed by atoms with Crippen LogP contribution >= 0.6 is 11.6 Å². The molecule has 1 aliphatic heterocycles. The Morgan fingerprint density at radius 1 is 1.03 bits per heavy atom. The Balaban J connectivity index is 1.74. The van der Waals surface area contributed by atoms with E-state index in [-0.39, 0.29) is 23.6 Å². The van der Waals surface area contributed by atoms with Crippen LogP contribution in [0.25, 0.3) is 0 Å². The van der Waals surface area contributed by atoms with E-state index >= 15 is 0 Å². The van der Waals surface area contributed by atoms with Gasteiger partial charge < -0.3 is 10.2 Å². The second kappa shape index (κ2) is 11.0. The average molecular weight is 545 g/mol. The molecule has 5 nitrogen and oxygen atoms in total. The summed E-state index contributed by atoms with van der Waals surface area (Å²) in [5.74, 6) is 4.48. The molecule has 0 spiro atoms. The van der Waals surface area contributed by atoms with E-state index in [0.717, 1.165) is 12.3 Å². The minimum absolute atomic E-state index is 0.199. The second-order valence-corrected chi connectivity index (χ2v) is 9.59. The van der Waals surface area contributed by atoms with E-state index < -0.39 is 28.4 Å². The summed E-state index contributed by atoms with van der Waals surface area (Å²) in [4.78, 5) is 21.2. The quantitative estimate of drug-likeness (QED) is 0.247. The van der Waals surface area contributed by atoms with E-state index in [0.29, 0.717) is 29.9 Å². The zero-order valence-corrected chi connectivity index (χ0v) is 21.7. The van der Waals surface area contributed by atoms with Gasteiger partial charge in [0.2, 0.25) is 0 Å². The molecule has 2 aromatic carbocycles. The fourth-order valence-electron chi connectivity index (χ4n) is 4.34. The number of piperazine rings is 1. The molecule has 1 saturated heterocycles. The number of hydrogen-bond donors (Lipinski definition) is 1. The van der Waals surface area contributed by atoms with Gasteiger partial charge in [0.15, 0.2) is 0 Å². The van der Waals surface area contributed by atoms with Gasteiger partial charge in [-0.05, 0) is 69.4 Å². The summed E-state index contributed by atoms with van der Waals surface area (Å²) in [6.45, 7) is 5.44. The normalized spacial score (nSPS) is 18.1. The van der Waals surface area contributed by atoms with Crippen LogP contribution in [-0.2, 0) is 6.18 Å². The Bertz CT molecular complexity index is 1390. The lowest BCUT2D eigenvalue weighted by atomic mass is 10.1. The van der Waals surface area contributed by atoms with Crippen molar-refractivity contribution in [2.45, 2.75) is 32.1 Å². The predicted octanol–water partition coefficient (Wildman–Crippen LogP) is 6.07. The first kappa shape index (κ1) is 27.4. The summed E-state index contributed by atoms with van der Waals surface area (Å²) < 4.78 is 54.2. The highest BCUT2D eigenvalue weighted by Gasteiger charge is 2.37. The molecule has 0 radical (unpaired) electrons. The van der Waals surface area contributed by atoms with Crippen LogP contribution in [0.5, 0.6) is 0 Å². The number of halogens is 5. The average Bonchev–Trinajstić information content (AvgIpc) is 2.86. The van der Waals surface area contributed by atoms with E-state index in [2.05, 4.69) is 45.8 Å². The maximum absolute atomic E-state index is 13.6. The summed E-state index contributed by atoms with van der Waals surface area (Å²) in [6, 6.07) is 11.9. The standard InChI is InChI=1S/C28H25ClF4N4O/c1-17-15-37(16-18(2)36(17)3)24-11-8-20(5-4-19-6-9-21(30)10-7-19)14-23(24)35-27(38)25-22(28(31,32)33)12-13-34-26(25)29/h6-14,17-18H,15-16H2,1-3H3,(H,35,38)/t17-,18+. The second-order valence-electron chi connectivity index (χ2n) is 9.23. The molecule has 198 valence electrons. The van der Waals surface area contributed by atoms with Crippen LogP contribution in [0.1, 0.15) is 40.9 Å². The van der Waals surface area contributed by atoms with E-state index in [1.807, 2.05) is 7.05 Å². The molecule has 0 saturated carbocycles. The summed E-state index contributed by atoms with van der Waals surface area (Å²) in [6.07, 6.45) is -3.89. The molecule has 10 heteroatoms. The Labute approximate surface area is 223 Å². The maximum Gasteiger partial charge on any atom is 0.417 e. The van der Waals surface area contributed by atoms with E-state index in [1.54, 1.807) is 18.2 Å². The third kappa shape index (κ3) is 6.09. The van der Waals surface area contributed by atoms with Gasteiger partial charge in [-0.2, -0.15) is 13.2 Å². The zero-order valence-electron chi connectivity index (χ0n) is 20.9. The number of likely N-dealkylation sites (N-methyl/N-ethyl adjacent to an activating group) is 1. The molecular formula is C28H25ClF4N4O. The first-order valence-corrected chi connectivity index (χ1v) is 12.2. The molecule has 1 amide bonds. The lowest BCUT2D eigenvalue weighted by Gasteiger charge is -2.44. The molecule has 0 unspecified atom stereocenters. The lowest BCUT2D eigenvalue weighted by Crippen LogP contribution is -2.55. The molecule has 4 rings (SSSR count). The van der Waals surface area contributed by atoms with Gasteiger partial charge in [0.1, 0.15) is 11.0 Å². The van der Waals surface area contributed by atoms with E-state index in [1.165, 1.54) is 24.3 Å². The zero-order chi connectivity index (χ0) is 27.6. The lowest BCUT2D eigenvalue weighted by molar-refractivity contribution is -0.137. The smallest absolute Gasteiger partial charge is 0.367 e. The highest BCUT2D eigenvalue weighted by molar-refractivity contribution is 6.33. The number of carbonyl (C=O) groups excluding carboxylic acids is 1. The van der Waals surface area contributed by atoms with Crippen LogP contribution in [0.2, 0.25) is 5.15 Å². The largest absolute Gasteiger partial charge is 0.417 e. The minimum atomic E-state index is -4.80. The van der Waals surface area contributed by atoms with Gasteiger partial charge in [-0.25, -0.2) is 9.37 Å². The molecule has 1 aromatic heterocycles. The van der Waals surface area contributed by atoms with Crippen molar-refractivity contribution in [1.82, 2.24) is 9.88 Å². The molecule has 0 aliphatic carbocycles. The van der Waals surface area contributed by atoms with Crippen molar-refractivity contribution in [3.63, 3.8) is 0 Å². The van der Waals surface area contributed by atoms with Gasteiger partial charge in [-0.15, -0.1) is 0 Å². The molecule has 38 heavy (non-hydrogen) atoms. The number of hydrogen-bond acceptors (Lipinski definition) is 4. The monoisotopic (exact) mass is 544 g/mol. The van der Waals surface area contributed by atoms with Gasteiger partial charge in [0.25, 0.3) is 5.91 Å². The third-order valence-corrected chi connectivity index (χ3v) is 6.86. The number of amides is 1. The Kier molecular flexibility index (Phi) is 7.95. The topological polar surface area (TPSA) is 48.5 Å². The fraction of sp³-hybridized carbons (Fsp3) is 0.286. The van der Waals surface area contributed by atoms with Gasteiger partial charge in [-0.3, -0.25) is 9.69 Å². The number of benzene rings is 2. The predicted molar refractivity (Wildman–Crippen MR) is 140 cm³/mol. The summed E-state index contributed by atoms with van der Waals surface area (Å²) >= 11 is 5.96. The number of pyridine rings is 1. The third-order valence-electron chi connectivity index (χ3n) is 6.58. The summed E-state index contributed by atoms with van der Waals surface area (Å²) in [5.41, 5.74) is 0.0989. The van der Waals surface area contributed by atoms with Crippen molar-refractivity contribution in [3.8, 4) is 11.8 Å². The maximum atomic E-state index is 13.6. The fourth-order valence-corrected chi connectivity index (χ4v) is 4.59. The highest BCUT2D eigenvalue weighted by Crippen LogP contribution is 2.36. The highest BCUT2D eigenvalue weighted by atomic mass is 35.5. The summed E-state index contributed by atoms with van der Waals surface area (Å²) in [7, 11) is 2.03. The number of alkyl halides is 3. The van der Waals surface area contributed by atoms with Crippen LogP contribution < -0.4 is 10.2 Å². The molecule has 1 fully saturated rings. The number of carbonyl (C=O) groups is 1. The van der Waals surface area contributed by atoms with Crippen LogP contribution in [0, 0.1) is 17.7 Å². The Morgan fingerprint density at radius 3 is 2.26 bits per heavy atom. The molecule has 3 aromatic rings. The van der Waals surface area contributed by atoms with Crippen LogP contribution in [0.15, 0.2) is 54.7 Å². The van der Waals surface area contributed by atoms with Crippen molar-refractivity contribution in [2.24, 2.45) is 0 Å². The number of nitrogens with one attached hydrogen (secondary N) is 1. The molecule has 2 atom stereocenters. The molecule has 1 aliphatic rings. The van der Waals surface area contributed by atoms with E-state index in [9.17, 15) is 22.4 Å². The van der Waals surface area contributed by atoms with Gasteiger partial charge in [-0.1, -0.05) is 23.4 Å². The molecular weight excluding hydrogens is 520 g/mol. The van der Waals surface area contributed by atoms with Crippen molar-refractivity contribution >= 4 is 28.9 Å². The Morgan fingerprint density at radius 2 is 1.63 bits per heavy atom. The number of aromatic nitrogens is 1. The molecule has 2 heterocycles. The number of nitrogens with zero attached hydrogens (tertiary/aromatic N) is 3. The number of rotatable bonds is 3.